The molecule has 0 radical (unpaired) electrons. The molecular formula is C52H99NO5. The third kappa shape index (κ3) is 43.9. The molecule has 6 heteroatoms. The molecule has 0 aromatic rings. The smallest absolute Gasteiger partial charge is 0.305 e. The number of hydrogen-bond donors (Lipinski definition) is 3. The fraction of sp³-hybridized carbons (Fsp3) is 0.885. The van der Waals surface area contributed by atoms with Gasteiger partial charge in [-0.15, -0.1) is 0 Å². The highest BCUT2D eigenvalue weighted by atomic mass is 16.5. The van der Waals surface area contributed by atoms with E-state index in [2.05, 4.69) is 43.5 Å². The minimum Gasteiger partial charge on any atom is -0.466 e. The van der Waals surface area contributed by atoms with Gasteiger partial charge in [0.2, 0.25) is 5.91 Å². The highest BCUT2D eigenvalue weighted by Gasteiger charge is 2.20. The molecule has 0 aliphatic rings. The largest absolute Gasteiger partial charge is 0.466 e. The summed E-state index contributed by atoms with van der Waals surface area (Å²) >= 11 is 0. The Balaban J connectivity index is 3.44. The summed E-state index contributed by atoms with van der Waals surface area (Å²) in [7, 11) is 0. The van der Waals surface area contributed by atoms with Gasteiger partial charge in [-0.1, -0.05) is 231 Å². The molecule has 58 heavy (non-hydrogen) atoms. The fourth-order valence-electron chi connectivity index (χ4n) is 7.79. The number of nitrogens with one attached hydrogen (secondary N) is 1. The van der Waals surface area contributed by atoms with Gasteiger partial charge in [-0.3, -0.25) is 9.59 Å². The van der Waals surface area contributed by atoms with Crippen LogP contribution in [0.25, 0.3) is 0 Å². The summed E-state index contributed by atoms with van der Waals surface area (Å²) in [6, 6.07) is -0.547. The molecule has 0 saturated carbocycles. The lowest BCUT2D eigenvalue weighted by Crippen LogP contribution is -2.45. The minimum absolute atomic E-state index is 0.0149. The summed E-state index contributed by atoms with van der Waals surface area (Å²) in [5, 5.41) is 23.2. The van der Waals surface area contributed by atoms with E-state index in [4.69, 9.17) is 4.74 Å². The number of rotatable bonds is 47. The van der Waals surface area contributed by atoms with Gasteiger partial charge < -0.3 is 20.3 Å². The van der Waals surface area contributed by atoms with Crippen LogP contribution in [0.3, 0.4) is 0 Å². The first-order chi connectivity index (χ1) is 28.5. The molecule has 0 bridgehead atoms. The topological polar surface area (TPSA) is 95.9 Å². The van der Waals surface area contributed by atoms with Crippen molar-refractivity contribution >= 4 is 11.9 Å². The first-order valence-corrected chi connectivity index (χ1v) is 25.6. The maximum atomic E-state index is 12.4. The third-order valence-corrected chi connectivity index (χ3v) is 11.7. The van der Waals surface area contributed by atoms with Crippen LogP contribution in [-0.2, 0) is 14.3 Å². The number of unbranched alkanes of at least 4 members (excludes halogenated alkanes) is 32. The number of amides is 1. The SMILES string of the molecule is CCC/C=C\C/C=C\CCCCCCCC(=O)OCCCCCCCCCCCCCCCCCC(=O)NC(CO)C(O)CCCCCCCCCCCCCCC. The van der Waals surface area contributed by atoms with Crippen molar-refractivity contribution in [2.75, 3.05) is 13.2 Å². The molecule has 0 heterocycles. The van der Waals surface area contributed by atoms with Crippen LogP contribution in [0.1, 0.15) is 271 Å². The molecule has 3 N–H and O–H groups in total. The van der Waals surface area contributed by atoms with Crippen LogP contribution in [-0.4, -0.2) is 47.4 Å². The summed E-state index contributed by atoms with van der Waals surface area (Å²) < 4.78 is 5.45. The predicted molar refractivity (Wildman–Crippen MR) is 250 cm³/mol. The summed E-state index contributed by atoms with van der Waals surface area (Å²) in [6.07, 6.45) is 55.7. The number of allylic oxidation sites excluding steroid dienone is 4. The van der Waals surface area contributed by atoms with Crippen molar-refractivity contribution in [1.82, 2.24) is 5.32 Å². The van der Waals surface area contributed by atoms with Gasteiger partial charge in [-0.05, 0) is 51.4 Å². The summed E-state index contributed by atoms with van der Waals surface area (Å²) in [4.78, 5) is 24.4. The van der Waals surface area contributed by atoms with Gasteiger partial charge in [-0.25, -0.2) is 0 Å². The summed E-state index contributed by atoms with van der Waals surface area (Å²) in [5.41, 5.74) is 0. The summed E-state index contributed by atoms with van der Waals surface area (Å²) in [6.45, 7) is 4.86. The van der Waals surface area contributed by atoms with Crippen LogP contribution in [0.5, 0.6) is 0 Å². The van der Waals surface area contributed by atoms with E-state index in [1.54, 1.807) is 0 Å². The maximum absolute atomic E-state index is 12.4. The fourth-order valence-corrected chi connectivity index (χ4v) is 7.79. The first kappa shape index (κ1) is 56.3. The standard InChI is InChI=1S/C52H99NO5/c1-3-5-7-9-11-13-15-20-24-28-32-36-40-44-50(55)49(48-54)53-51(56)45-41-37-33-29-25-22-18-17-19-23-27-31-35-39-43-47-58-52(57)46-42-38-34-30-26-21-16-14-12-10-8-6-4-2/h8,10,14,16,49-50,54-55H,3-7,9,11-13,15,17-48H2,1-2H3,(H,53,56)/b10-8-,16-14-. The number of esters is 1. The van der Waals surface area contributed by atoms with E-state index in [0.717, 1.165) is 57.8 Å². The molecule has 1 amide bonds. The second-order valence-corrected chi connectivity index (χ2v) is 17.5. The van der Waals surface area contributed by atoms with Crippen LogP contribution in [0.15, 0.2) is 24.3 Å². The maximum Gasteiger partial charge on any atom is 0.305 e. The Morgan fingerprint density at radius 3 is 1.38 bits per heavy atom. The van der Waals surface area contributed by atoms with Gasteiger partial charge in [0, 0.05) is 12.8 Å². The number of hydrogen-bond acceptors (Lipinski definition) is 5. The molecule has 0 aliphatic carbocycles. The third-order valence-electron chi connectivity index (χ3n) is 11.7. The Kier molecular flexibility index (Phi) is 46.6. The molecule has 0 aromatic carbocycles. The number of aliphatic hydroxyl groups is 2. The number of aliphatic hydroxyl groups excluding tert-OH is 2. The molecule has 0 fully saturated rings. The Hall–Kier alpha value is -1.66. The lowest BCUT2D eigenvalue weighted by atomic mass is 10.0. The Morgan fingerprint density at radius 2 is 0.897 bits per heavy atom. The number of carbonyl (C=O) groups is 2. The van der Waals surface area contributed by atoms with Gasteiger partial charge in [0.05, 0.1) is 25.4 Å². The molecule has 342 valence electrons. The van der Waals surface area contributed by atoms with Crippen molar-refractivity contribution in [2.45, 2.75) is 283 Å². The van der Waals surface area contributed by atoms with Gasteiger partial charge in [0.25, 0.3) is 0 Å². The van der Waals surface area contributed by atoms with Gasteiger partial charge in [0.15, 0.2) is 0 Å². The Bertz CT molecular complexity index is 904. The average molecular weight is 818 g/mol. The molecule has 6 nitrogen and oxygen atoms in total. The van der Waals surface area contributed by atoms with Crippen molar-refractivity contribution in [3.63, 3.8) is 0 Å². The highest BCUT2D eigenvalue weighted by molar-refractivity contribution is 5.76. The average Bonchev–Trinajstić information content (AvgIpc) is 3.22. The van der Waals surface area contributed by atoms with Crippen LogP contribution in [0, 0.1) is 0 Å². The molecule has 2 unspecified atom stereocenters. The van der Waals surface area contributed by atoms with E-state index >= 15 is 0 Å². The highest BCUT2D eigenvalue weighted by Crippen LogP contribution is 2.16. The lowest BCUT2D eigenvalue weighted by molar-refractivity contribution is -0.143. The molecule has 0 saturated heterocycles. The molecule has 2 atom stereocenters. The molecule has 0 aromatic heterocycles. The second kappa shape index (κ2) is 48.0. The minimum atomic E-state index is -0.669. The number of carbonyl (C=O) groups excluding carboxylic acids is 2. The monoisotopic (exact) mass is 818 g/mol. The van der Waals surface area contributed by atoms with Crippen molar-refractivity contribution in [3.05, 3.63) is 24.3 Å². The van der Waals surface area contributed by atoms with Crippen molar-refractivity contribution < 1.29 is 24.5 Å². The first-order valence-electron chi connectivity index (χ1n) is 25.6. The van der Waals surface area contributed by atoms with Crippen molar-refractivity contribution in [1.29, 1.82) is 0 Å². The van der Waals surface area contributed by atoms with Crippen LogP contribution < -0.4 is 5.32 Å². The molecule has 0 aliphatic heterocycles. The van der Waals surface area contributed by atoms with E-state index in [0.29, 0.717) is 25.9 Å². The summed E-state index contributed by atoms with van der Waals surface area (Å²) in [5.74, 6) is -0.0592. The zero-order valence-electron chi connectivity index (χ0n) is 38.8. The van der Waals surface area contributed by atoms with Crippen molar-refractivity contribution in [3.8, 4) is 0 Å². The van der Waals surface area contributed by atoms with Crippen LogP contribution >= 0.6 is 0 Å². The van der Waals surface area contributed by atoms with E-state index in [1.807, 2.05) is 0 Å². The molecule has 0 spiro atoms. The normalized spacial score (nSPS) is 12.8. The Morgan fingerprint density at radius 1 is 0.483 bits per heavy atom. The quantitative estimate of drug-likeness (QED) is 0.0323. The van der Waals surface area contributed by atoms with Crippen molar-refractivity contribution in [2.24, 2.45) is 0 Å². The van der Waals surface area contributed by atoms with E-state index in [-0.39, 0.29) is 18.5 Å². The van der Waals surface area contributed by atoms with Gasteiger partial charge in [0.1, 0.15) is 0 Å². The van der Waals surface area contributed by atoms with Gasteiger partial charge in [-0.2, -0.15) is 0 Å². The number of ether oxygens (including phenoxy) is 1. The lowest BCUT2D eigenvalue weighted by Gasteiger charge is -2.22. The van der Waals surface area contributed by atoms with E-state index in [9.17, 15) is 19.8 Å². The Labute approximate surface area is 361 Å². The second-order valence-electron chi connectivity index (χ2n) is 17.5. The van der Waals surface area contributed by atoms with E-state index in [1.165, 1.54) is 180 Å². The van der Waals surface area contributed by atoms with Gasteiger partial charge >= 0.3 is 5.97 Å². The molecule has 0 rings (SSSR count). The molecular weight excluding hydrogens is 719 g/mol. The van der Waals surface area contributed by atoms with Crippen LogP contribution in [0.2, 0.25) is 0 Å². The zero-order chi connectivity index (χ0) is 42.3. The van der Waals surface area contributed by atoms with E-state index < -0.39 is 12.1 Å². The van der Waals surface area contributed by atoms with Crippen LogP contribution in [0.4, 0.5) is 0 Å². The predicted octanol–water partition coefficient (Wildman–Crippen LogP) is 15.1. The zero-order valence-corrected chi connectivity index (χ0v) is 38.8.